The number of likely N-dealkylation sites (N-methyl/N-ethyl adjacent to an activating group) is 1. The van der Waals surface area contributed by atoms with Gasteiger partial charge < -0.3 is 10.2 Å². The number of hydrogen-bond acceptors (Lipinski definition) is 5. The van der Waals surface area contributed by atoms with E-state index in [2.05, 4.69) is 10.3 Å². The number of nitrogens with one attached hydrogen (secondary N) is 2. The Balaban J connectivity index is 0.00000338. The molecule has 2 amide bonds. The molecule has 3 N–H and O–H groups in total. The van der Waals surface area contributed by atoms with Crippen molar-refractivity contribution in [3.8, 4) is 0 Å². The predicted molar refractivity (Wildman–Crippen MR) is 104 cm³/mol. The van der Waals surface area contributed by atoms with Crippen molar-refractivity contribution >= 4 is 47.7 Å². The standard InChI is InChI=1S/C17H23ClN4O3.ClH/c1-22(13-5-3-2-4-6-13)16(24)11-20-17-14(18)9-12(10-19-17)7-8-15(23)21-25;/h7-10,13,25H,2-6,11H2,1H3,(H,19,20)(H,21,23);1H/b8-7+;. The van der Waals surface area contributed by atoms with Crippen LogP contribution in [0.25, 0.3) is 6.08 Å². The first-order valence-electron chi connectivity index (χ1n) is 8.28. The van der Waals surface area contributed by atoms with Crippen molar-refractivity contribution in [3.05, 3.63) is 28.9 Å². The van der Waals surface area contributed by atoms with Crippen LogP contribution in [-0.4, -0.2) is 46.5 Å². The summed E-state index contributed by atoms with van der Waals surface area (Å²) in [5.74, 6) is -0.223. The van der Waals surface area contributed by atoms with Crippen molar-refractivity contribution in [1.29, 1.82) is 0 Å². The highest BCUT2D eigenvalue weighted by atomic mass is 35.5. The van der Waals surface area contributed by atoms with Gasteiger partial charge in [-0.1, -0.05) is 30.9 Å². The normalized spacial score (nSPS) is 14.6. The first-order valence-corrected chi connectivity index (χ1v) is 8.66. The van der Waals surface area contributed by atoms with Crippen molar-refractivity contribution in [2.45, 2.75) is 38.1 Å². The van der Waals surface area contributed by atoms with Crippen LogP contribution in [-0.2, 0) is 9.59 Å². The van der Waals surface area contributed by atoms with Gasteiger partial charge in [0.1, 0.15) is 5.82 Å². The number of nitrogens with zero attached hydrogens (tertiary/aromatic N) is 2. The summed E-state index contributed by atoms with van der Waals surface area (Å²) in [5.41, 5.74) is 2.10. The van der Waals surface area contributed by atoms with Gasteiger partial charge in [0.25, 0.3) is 5.91 Å². The molecule has 0 spiro atoms. The van der Waals surface area contributed by atoms with Gasteiger partial charge in [-0.25, -0.2) is 10.5 Å². The maximum atomic E-state index is 12.3. The van der Waals surface area contributed by atoms with Crippen LogP contribution in [0.2, 0.25) is 5.02 Å². The maximum absolute atomic E-state index is 12.3. The molecule has 1 heterocycles. The van der Waals surface area contributed by atoms with Gasteiger partial charge in [0, 0.05) is 25.4 Å². The summed E-state index contributed by atoms with van der Waals surface area (Å²) in [7, 11) is 1.84. The zero-order chi connectivity index (χ0) is 18.2. The highest BCUT2D eigenvalue weighted by Crippen LogP contribution is 2.23. The smallest absolute Gasteiger partial charge is 0.267 e. The molecule has 2 rings (SSSR count). The molecule has 1 aliphatic carbocycles. The van der Waals surface area contributed by atoms with Gasteiger partial charge in [-0.3, -0.25) is 14.8 Å². The number of aromatic nitrogens is 1. The monoisotopic (exact) mass is 402 g/mol. The van der Waals surface area contributed by atoms with E-state index in [1.807, 2.05) is 11.9 Å². The van der Waals surface area contributed by atoms with Gasteiger partial charge in [0.15, 0.2) is 0 Å². The highest BCUT2D eigenvalue weighted by molar-refractivity contribution is 6.33. The molecule has 9 heteroatoms. The Hall–Kier alpha value is -1.83. The van der Waals surface area contributed by atoms with Crippen LogP contribution in [0.5, 0.6) is 0 Å². The molecule has 1 saturated carbocycles. The second-order valence-electron chi connectivity index (χ2n) is 6.06. The van der Waals surface area contributed by atoms with E-state index in [1.54, 1.807) is 6.07 Å². The Kier molecular flexibility index (Phi) is 9.40. The zero-order valence-electron chi connectivity index (χ0n) is 14.6. The first-order chi connectivity index (χ1) is 12.0. The fraction of sp³-hybridized carbons (Fsp3) is 0.471. The van der Waals surface area contributed by atoms with Crippen molar-refractivity contribution < 1.29 is 14.8 Å². The van der Waals surface area contributed by atoms with E-state index in [0.29, 0.717) is 22.4 Å². The average molecular weight is 403 g/mol. The molecule has 0 saturated heterocycles. The SMILES string of the molecule is CN(C(=O)CNc1ncc(/C=C/C(=O)NO)cc1Cl)C1CCCCC1.Cl. The lowest BCUT2D eigenvalue weighted by Crippen LogP contribution is -2.41. The summed E-state index contributed by atoms with van der Waals surface area (Å²) in [5, 5.41) is 11.7. The molecule has 1 aliphatic rings. The first kappa shape index (κ1) is 22.2. The maximum Gasteiger partial charge on any atom is 0.267 e. The summed E-state index contributed by atoms with van der Waals surface area (Å²) < 4.78 is 0. The Labute approximate surface area is 164 Å². The fourth-order valence-electron chi connectivity index (χ4n) is 2.84. The number of amides is 2. The van der Waals surface area contributed by atoms with Gasteiger partial charge in [-0.15, -0.1) is 12.4 Å². The van der Waals surface area contributed by atoms with E-state index >= 15 is 0 Å². The van der Waals surface area contributed by atoms with E-state index in [4.69, 9.17) is 16.8 Å². The third-order valence-electron chi connectivity index (χ3n) is 4.32. The molecule has 0 atom stereocenters. The molecular formula is C17H24Cl2N4O3. The van der Waals surface area contributed by atoms with Crippen LogP contribution in [0, 0.1) is 0 Å². The Bertz CT molecular complexity index is 649. The van der Waals surface area contributed by atoms with Gasteiger partial charge in [-0.05, 0) is 30.5 Å². The van der Waals surface area contributed by atoms with E-state index in [9.17, 15) is 9.59 Å². The number of rotatable bonds is 6. The summed E-state index contributed by atoms with van der Waals surface area (Å²) in [6.07, 6.45) is 9.85. The summed E-state index contributed by atoms with van der Waals surface area (Å²) >= 11 is 6.16. The van der Waals surface area contributed by atoms with Crippen LogP contribution in [0.1, 0.15) is 37.7 Å². The Morgan fingerprint density at radius 1 is 1.38 bits per heavy atom. The van der Waals surface area contributed by atoms with Crippen molar-refractivity contribution in [2.75, 3.05) is 18.9 Å². The molecule has 1 fully saturated rings. The molecule has 0 bridgehead atoms. The van der Waals surface area contributed by atoms with E-state index in [1.165, 1.54) is 37.0 Å². The lowest BCUT2D eigenvalue weighted by atomic mass is 9.94. The second-order valence-corrected chi connectivity index (χ2v) is 6.47. The highest BCUT2D eigenvalue weighted by Gasteiger charge is 2.21. The second kappa shape index (κ2) is 11.0. The molecule has 144 valence electrons. The lowest BCUT2D eigenvalue weighted by Gasteiger charge is -2.31. The van der Waals surface area contributed by atoms with Crippen molar-refractivity contribution in [3.63, 3.8) is 0 Å². The topological polar surface area (TPSA) is 94.6 Å². The quantitative estimate of drug-likeness (QED) is 0.386. The van der Waals surface area contributed by atoms with Crippen LogP contribution >= 0.6 is 24.0 Å². The van der Waals surface area contributed by atoms with Crippen LogP contribution in [0.15, 0.2) is 18.3 Å². The van der Waals surface area contributed by atoms with Gasteiger partial charge in [0.05, 0.1) is 11.6 Å². The summed E-state index contributed by atoms with van der Waals surface area (Å²) in [4.78, 5) is 29.2. The number of hydroxylamine groups is 1. The van der Waals surface area contributed by atoms with Gasteiger partial charge in [0.2, 0.25) is 5.91 Å². The average Bonchev–Trinajstić information content (AvgIpc) is 2.65. The van der Waals surface area contributed by atoms with Gasteiger partial charge >= 0.3 is 0 Å². The molecular weight excluding hydrogens is 379 g/mol. The number of anilines is 1. The number of halogens is 2. The predicted octanol–water partition coefficient (Wildman–Crippen LogP) is 2.88. The Morgan fingerprint density at radius 2 is 2.08 bits per heavy atom. The third-order valence-corrected chi connectivity index (χ3v) is 4.61. The largest absolute Gasteiger partial charge is 0.360 e. The number of carbonyl (C=O) groups excluding carboxylic acids is 2. The van der Waals surface area contributed by atoms with E-state index < -0.39 is 5.91 Å². The molecule has 1 aromatic rings. The molecule has 7 nitrogen and oxygen atoms in total. The minimum atomic E-state index is -0.644. The zero-order valence-corrected chi connectivity index (χ0v) is 16.1. The van der Waals surface area contributed by atoms with Crippen LogP contribution in [0.3, 0.4) is 0 Å². The number of hydrogen-bond donors (Lipinski definition) is 3. The molecule has 1 aromatic heterocycles. The minimum absolute atomic E-state index is 0. The number of carbonyl (C=O) groups is 2. The molecule has 0 aromatic carbocycles. The van der Waals surface area contributed by atoms with Crippen molar-refractivity contribution in [2.24, 2.45) is 0 Å². The Morgan fingerprint density at radius 3 is 2.69 bits per heavy atom. The summed E-state index contributed by atoms with van der Waals surface area (Å²) in [6, 6.07) is 1.93. The molecule has 26 heavy (non-hydrogen) atoms. The van der Waals surface area contributed by atoms with Crippen LogP contribution in [0.4, 0.5) is 5.82 Å². The number of pyridine rings is 1. The molecule has 0 unspecified atom stereocenters. The van der Waals surface area contributed by atoms with Gasteiger partial charge in [-0.2, -0.15) is 0 Å². The minimum Gasteiger partial charge on any atom is -0.360 e. The fourth-order valence-corrected chi connectivity index (χ4v) is 3.08. The lowest BCUT2D eigenvalue weighted by molar-refractivity contribution is -0.130. The van der Waals surface area contributed by atoms with E-state index in [-0.39, 0.29) is 24.9 Å². The summed E-state index contributed by atoms with van der Waals surface area (Å²) in [6.45, 7) is 0.127. The van der Waals surface area contributed by atoms with Crippen LogP contribution < -0.4 is 10.8 Å². The molecule has 0 radical (unpaired) electrons. The third kappa shape index (κ3) is 6.48. The van der Waals surface area contributed by atoms with Crippen molar-refractivity contribution in [1.82, 2.24) is 15.4 Å². The molecule has 0 aliphatic heterocycles. The van der Waals surface area contributed by atoms with E-state index in [0.717, 1.165) is 18.9 Å².